The summed E-state index contributed by atoms with van der Waals surface area (Å²) < 4.78 is 7.48. The van der Waals surface area contributed by atoms with Gasteiger partial charge in [-0.1, -0.05) is 24.3 Å². The van der Waals surface area contributed by atoms with Crippen LogP contribution in [-0.4, -0.2) is 12.2 Å². The van der Waals surface area contributed by atoms with Gasteiger partial charge in [-0.2, -0.15) is 0 Å². The van der Waals surface area contributed by atoms with E-state index >= 15 is 0 Å². The molecule has 0 radical (unpaired) electrons. The topological polar surface area (TPSA) is 29.5 Å². The monoisotopic (exact) mass is 362 g/mol. The molecule has 0 aliphatic carbocycles. The molecule has 3 aromatic rings. The SMILES string of the molecule is COc1cccc(CC(O)c2csc3c(Br)cccc23)c1. The first-order valence-corrected chi connectivity index (χ1v) is 8.33. The highest BCUT2D eigenvalue weighted by molar-refractivity contribution is 9.10. The van der Waals surface area contributed by atoms with Crippen LogP contribution in [0.4, 0.5) is 0 Å². The summed E-state index contributed by atoms with van der Waals surface area (Å²) in [5, 5.41) is 13.7. The van der Waals surface area contributed by atoms with Gasteiger partial charge in [0.1, 0.15) is 5.75 Å². The molecule has 108 valence electrons. The Morgan fingerprint density at radius 3 is 2.86 bits per heavy atom. The molecule has 0 saturated carbocycles. The van der Waals surface area contributed by atoms with E-state index in [9.17, 15) is 5.11 Å². The lowest BCUT2D eigenvalue weighted by Crippen LogP contribution is -2.01. The van der Waals surface area contributed by atoms with E-state index in [2.05, 4.69) is 22.0 Å². The molecule has 1 aromatic heterocycles. The Bertz CT molecular complexity index is 766. The van der Waals surface area contributed by atoms with Crippen molar-refractivity contribution in [3.05, 3.63) is 63.4 Å². The Morgan fingerprint density at radius 2 is 2.05 bits per heavy atom. The lowest BCUT2D eigenvalue weighted by atomic mass is 10.0. The van der Waals surface area contributed by atoms with Crippen molar-refractivity contribution in [3.8, 4) is 5.75 Å². The van der Waals surface area contributed by atoms with Gasteiger partial charge in [0, 0.05) is 15.6 Å². The number of thiophene rings is 1. The summed E-state index contributed by atoms with van der Waals surface area (Å²) in [6.45, 7) is 0. The fourth-order valence-corrected chi connectivity index (χ4v) is 4.10. The van der Waals surface area contributed by atoms with E-state index in [0.717, 1.165) is 26.7 Å². The minimum Gasteiger partial charge on any atom is -0.497 e. The summed E-state index contributed by atoms with van der Waals surface area (Å²) in [5.41, 5.74) is 2.05. The number of benzene rings is 2. The van der Waals surface area contributed by atoms with Gasteiger partial charge in [-0.05, 0) is 56.0 Å². The molecule has 1 atom stereocenters. The first kappa shape index (κ1) is 14.6. The fourth-order valence-electron chi connectivity index (χ4n) is 2.43. The van der Waals surface area contributed by atoms with Crippen molar-refractivity contribution in [2.45, 2.75) is 12.5 Å². The second-order valence-electron chi connectivity index (χ2n) is 4.88. The van der Waals surface area contributed by atoms with E-state index in [4.69, 9.17) is 4.74 Å². The number of hydrogen-bond acceptors (Lipinski definition) is 3. The van der Waals surface area contributed by atoms with Crippen LogP contribution in [0, 0.1) is 0 Å². The van der Waals surface area contributed by atoms with E-state index in [-0.39, 0.29) is 0 Å². The zero-order valence-electron chi connectivity index (χ0n) is 11.5. The maximum absolute atomic E-state index is 10.6. The van der Waals surface area contributed by atoms with E-state index in [1.165, 1.54) is 4.70 Å². The summed E-state index contributed by atoms with van der Waals surface area (Å²) in [7, 11) is 1.65. The van der Waals surface area contributed by atoms with Gasteiger partial charge in [-0.3, -0.25) is 0 Å². The molecule has 21 heavy (non-hydrogen) atoms. The fraction of sp³-hybridized carbons (Fsp3) is 0.176. The first-order valence-electron chi connectivity index (χ1n) is 6.65. The van der Waals surface area contributed by atoms with Crippen molar-refractivity contribution in [3.63, 3.8) is 0 Å². The van der Waals surface area contributed by atoms with Crippen LogP contribution in [0.5, 0.6) is 5.75 Å². The highest BCUT2D eigenvalue weighted by atomic mass is 79.9. The van der Waals surface area contributed by atoms with Gasteiger partial charge in [0.15, 0.2) is 0 Å². The number of aliphatic hydroxyl groups is 1. The summed E-state index contributed by atoms with van der Waals surface area (Å²) >= 11 is 5.21. The van der Waals surface area contributed by atoms with Gasteiger partial charge in [0.25, 0.3) is 0 Å². The van der Waals surface area contributed by atoms with Crippen molar-refractivity contribution in [2.24, 2.45) is 0 Å². The Morgan fingerprint density at radius 1 is 1.24 bits per heavy atom. The average Bonchev–Trinajstić information content (AvgIpc) is 2.93. The molecule has 0 saturated heterocycles. The number of rotatable bonds is 4. The van der Waals surface area contributed by atoms with Crippen LogP contribution in [0.2, 0.25) is 0 Å². The molecule has 0 aliphatic heterocycles. The molecule has 0 bridgehead atoms. The van der Waals surface area contributed by atoms with Crippen molar-refractivity contribution in [1.82, 2.24) is 0 Å². The number of aliphatic hydroxyl groups excluding tert-OH is 1. The summed E-state index contributed by atoms with van der Waals surface area (Å²) in [4.78, 5) is 0. The number of fused-ring (bicyclic) bond motifs is 1. The molecule has 1 heterocycles. The van der Waals surface area contributed by atoms with E-state index < -0.39 is 6.10 Å². The molecule has 1 N–H and O–H groups in total. The first-order chi connectivity index (χ1) is 10.2. The average molecular weight is 363 g/mol. The van der Waals surface area contributed by atoms with Crippen LogP contribution in [0.3, 0.4) is 0 Å². The van der Waals surface area contributed by atoms with Crippen molar-refractivity contribution < 1.29 is 9.84 Å². The maximum Gasteiger partial charge on any atom is 0.119 e. The van der Waals surface area contributed by atoms with Gasteiger partial charge in [0.05, 0.1) is 13.2 Å². The Hall–Kier alpha value is -1.36. The molecular formula is C17H15BrO2S. The number of hydrogen-bond donors (Lipinski definition) is 1. The van der Waals surface area contributed by atoms with Gasteiger partial charge in [0.2, 0.25) is 0 Å². The third kappa shape index (κ3) is 2.98. The smallest absolute Gasteiger partial charge is 0.119 e. The standard InChI is InChI=1S/C17H15BrO2S/c1-20-12-5-2-4-11(8-12)9-16(19)14-10-21-17-13(14)6-3-7-15(17)18/h2-8,10,16,19H,9H2,1H3. The molecule has 0 spiro atoms. The second-order valence-corrected chi connectivity index (χ2v) is 6.61. The highest BCUT2D eigenvalue weighted by Gasteiger charge is 2.15. The second kappa shape index (κ2) is 6.18. The van der Waals surface area contributed by atoms with Gasteiger partial charge < -0.3 is 9.84 Å². The molecule has 0 aliphatic rings. The molecule has 4 heteroatoms. The normalized spacial score (nSPS) is 12.5. The Kier molecular flexibility index (Phi) is 4.29. The predicted octanol–water partition coefficient (Wildman–Crippen LogP) is 4.95. The van der Waals surface area contributed by atoms with E-state index in [1.807, 2.05) is 41.8 Å². The van der Waals surface area contributed by atoms with Crippen LogP contribution in [0.1, 0.15) is 17.2 Å². The summed E-state index contributed by atoms with van der Waals surface area (Å²) in [5.74, 6) is 0.817. The molecule has 3 rings (SSSR count). The zero-order valence-corrected chi connectivity index (χ0v) is 13.9. The number of ether oxygens (including phenoxy) is 1. The zero-order chi connectivity index (χ0) is 14.8. The Labute approximate surface area is 136 Å². The quantitative estimate of drug-likeness (QED) is 0.711. The lowest BCUT2D eigenvalue weighted by Gasteiger charge is -2.11. The minimum absolute atomic E-state index is 0.514. The third-order valence-electron chi connectivity index (χ3n) is 3.50. The third-order valence-corrected chi connectivity index (χ3v) is 5.47. The van der Waals surface area contributed by atoms with E-state index in [1.54, 1.807) is 18.4 Å². The van der Waals surface area contributed by atoms with Crippen molar-refractivity contribution >= 4 is 37.4 Å². The molecular weight excluding hydrogens is 348 g/mol. The largest absolute Gasteiger partial charge is 0.497 e. The summed E-state index contributed by atoms with van der Waals surface area (Å²) in [6, 6.07) is 13.9. The van der Waals surface area contributed by atoms with Crippen LogP contribution < -0.4 is 4.74 Å². The molecule has 2 nitrogen and oxygen atoms in total. The number of methoxy groups -OCH3 is 1. The van der Waals surface area contributed by atoms with E-state index in [0.29, 0.717) is 6.42 Å². The lowest BCUT2D eigenvalue weighted by molar-refractivity contribution is 0.180. The maximum atomic E-state index is 10.6. The van der Waals surface area contributed by atoms with Gasteiger partial charge >= 0.3 is 0 Å². The molecule has 0 fully saturated rings. The van der Waals surface area contributed by atoms with Crippen molar-refractivity contribution in [2.75, 3.05) is 7.11 Å². The Balaban J connectivity index is 1.90. The van der Waals surface area contributed by atoms with Crippen LogP contribution in [0.15, 0.2) is 52.3 Å². The van der Waals surface area contributed by atoms with Crippen LogP contribution in [0.25, 0.3) is 10.1 Å². The van der Waals surface area contributed by atoms with Crippen LogP contribution >= 0.6 is 27.3 Å². The van der Waals surface area contributed by atoms with Gasteiger partial charge in [-0.15, -0.1) is 11.3 Å². The minimum atomic E-state index is -0.514. The molecule has 0 amide bonds. The predicted molar refractivity (Wildman–Crippen MR) is 91.2 cm³/mol. The van der Waals surface area contributed by atoms with Crippen LogP contribution in [-0.2, 0) is 6.42 Å². The van der Waals surface area contributed by atoms with Gasteiger partial charge in [-0.25, -0.2) is 0 Å². The van der Waals surface area contributed by atoms with Crippen molar-refractivity contribution in [1.29, 1.82) is 0 Å². The molecule has 1 unspecified atom stereocenters. The highest BCUT2D eigenvalue weighted by Crippen LogP contribution is 2.36. The summed E-state index contributed by atoms with van der Waals surface area (Å²) in [6.07, 6.45) is 0.0652. The molecule has 2 aromatic carbocycles. The number of halogens is 1.